The van der Waals surface area contributed by atoms with E-state index in [4.69, 9.17) is 0 Å². The van der Waals surface area contributed by atoms with Crippen molar-refractivity contribution in [2.75, 3.05) is 11.4 Å². The molecule has 2 N–H and O–H groups in total. The van der Waals surface area contributed by atoms with Gasteiger partial charge in [0.1, 0.15) is 5.82 Å². The molecule has 41 heavy (non-hydrogen) atoms. The van der Waals surface area contributed by atoms with Gasteiger partial charge in [0.25, 0.3) is 5.91 Å². The van der Waals surface area contributed by atoms with Crippen molar-refractivity contribution in [3.05, 3.63) is 137 Å². The maximum Gasteiger partial charge on any atom is 0.336 e. The van der Waals surface area contributed by atoms with Crippen LogP contribution in [0.4, 0.5) is 10.1 Å². The normalized spacial score (nSPS) is 12.7. The second-order valence-electron chi connectivity index (χ2n) is 10.4. The van der Waals surface area contributed by atoms with E-state index >= 15 is 4.39 Å². The molecule has 0 aromatic heterocycles. The van der Waals surface area contributed by atoms with Crippen LogP contribution in [0.3, 0.4) is 0 Å². The average Bonchev–Trinajstić information content (AvgIpc) is 3.00. The molecule has 1 amide bonds. The van der Waals surface area contributed by atoms with Gasteiger partial charge in [-0.3, -0.25) is 4.79 Å². The van der Waals surface area contributed by atoms with Crippen LogP contribution in [0.1, 0.15) is 43.8 Å². The number of nitrogens with zero attached hydrogens (tertiary/aromatic N) is 1. The minimum atomic E-state index is -1.09. The van der Waals surface area contributed by atoms with E-state index in [2.05, 4.69) is 34.5 Å². The van der Waals surface area contributed by atoms with E-state index < -0.39 is 11.8 Å². The highest BCUT2D eigenvalue weighted by Crippen LogP contribution is 2.33. The topological polar surface area (TPSA) is 69.6 Å². The number of rotatable bonds is 7. The standard InChI is InChI=1S/C35H29FN2O3/c36-33-28(9-5-13-30(33)29-11-3-4-12-31(29)35(40)41)22-38-18-6-10-26-20-27(16-17-32(26)38)34(39)37-21-23-14-15-24-7-1-2-8-25(24)19-23/h1-5,7-9,11-17,19-20H,6,10,18,21-22H2,(H,37,39)(H,40,41). The fourth-order valence-electron chi connectivity index (χ4n) is 5.63. The van der Waals surface area contributed by atoms with Gasteiger partial charge in [0, 0.05) is 42.0 Å². The first-order chi connectivity index (χ1) is 20.0. The molecular formula is C35H29FN2O3. The second-order valence-corrected chi connectivity index (χ2v) is 10.4. The van der Waals surface area contributed by atoms with Crippen molar-refractivity contribution in [1.82, 2.24) is 5.32 Å². The van der Waals surface area contributed by atoms with E-state index in [1.165, 1.54) is 11.5 Å². The fraction of sp³-hybridized carbons (Fsp3) is 0.143. The first-order valence-electron chi connectivity index (χ1n) is 13.7. The van der Waals surface area contributed by atoms with Crippen LogP contribution in [0.5, 0.6) is 0 Å². The van der Waals surface area contributed by atoms with Gasteiger partial charge < -0.3 is 15.3 Å². The van der Waals surface area contributed by atoms with Crippen LogP contribution in [-0.2, 0) is 19.5 Å². The molecule has 0 radical (unpaired) electrons. The van der Waals surface area contributed by atoms with Crippen LogP contribution in [0.15, 0.2) is 103 Å². The molecule has 6 rings (SSSR count). The van der Waals surface area contributed by atoms with Crippen LogP contribution in [0, 0.1) is 5.82 Å². The van der Waals surface area contributed by atoms with E-state index in [0.717, 1.165) is 41.6 Å². The number of carboxylic acids is 1. The van der Waals surface area contributed by atoms with Gasteiger partial charge in [-0.15, -0.1) is 0 Å². The Bertz CT molecular complexity index is 1780. The number of hydrogen-bond acceptors (Lipinski definition) is 3. The maximum atomic E-state index is 15.7. The van der Waals surface area contributed by atoms with Gasteiger partial charge in [0.2, 0.25) is 0 Å². The molecule has 6 heteroatoms. The molecule has 0 atom stereocenters. The van der Waals surface area contributed by atoms with Crippen LogP contribution < -0.4 is 10.2 Å². The Morgan fingerprint density at radius 1 is 0.829 bits per heavy atom. The number of nitrogens with one attached hydrogen (secondary N) is 1. The van der Waals surface area contributed by atoms with E-state index in [9.17, 15) is 14.7 Å². The molecule has 1 aliphatic rings. The molecule has 0 fully saturated rings. The maximum absolute atomic E-state index is 15.7. The summed E-state index contributed by atoms with van der Waals surface area (Å²) in [4.78, 5) is 26.9. The Balaban J connectivity index is 1.19. The molecule has 0 aliphatic carbocycles. The zero-order valence-electron chi connectivity index (χ0n) is 22.4. The number of carbonyl (C=O) groups is 2. The SMILES string of the molecule is O=C(NCc1ccc2ccccc2c1)c1ccc2c(c1)CCCN2Cc1cccc(-c2ccccc2C(=O)O)c1F. The third-order valence-electron chi connectivity index (χ3n) is 7.71. The number of fused-ring (bicyclic) bond motifs is 2. The van der Waals surface area contributed by atoms with Crippen molar-refractivity contribution in [1.29, 1.82) is 0 Å². The zero-order valence-corrected chi connectivity index (χ0v) is 22.4. The van der Waals surface area contributed by atoms with Crippen LogP contribution in [0.2, 0.25) is 0 Å². The molecular weight excluding hydrogens is 515 g/mol. The molecule has 5 nitrogen and oxygen atoms in total. The average molecular weight is 545 g/mol. The molecule has 0 spiro atoms. The number of aromatic carboxylic acids is 1. The van der Waals surface area contributed by atoms with Crippen LogP contribution in [-0.4, -0.2) is 23.5 Å². The van der Waals surface area contributed by atoms with Crippen molar-refractivity contribution < 1.29 is 19.1 Å². The summed E-state index contributed by atoms with van der Waals surface area (Å²) in [5.74, 6) is -1.64. The lowest BCUT2D eigenvalue weighted by atomic mass is 9.96. The molecule has 0 unspecified atom stereocenters. The molecule has 1 aliphatic heterocycles. The van der Waals surface area contributed by atoms with Gasteiger partial charge >= 0.3 is 5.97 Å². The number of halogens is 1. The number of aryl methyl sites for hydroxylation is 1. The molecule has 0 saturated carbocycles. The summed E-state index contributed by atoms with van der Waals surface area (Å²) >= 11 is 0. The number of carbonyl (C=O) groups excluding carboxylic acids is 1. The second kappa shape index (κ2) is 11.3. The van der Waals surface area contributed by atoms with E-state index in [1.54, 1.807) is 36.4 Å². The first kappa shape index (κ1) is 26.3. The minimum absolute atomic E-state index is 0.0679. The van der Waals surface area contributed by atoms with E-state index in [1.807, 2.05) is 36.4 Å². The Morgan fingerprint density at radius 3 is 2.46 bits per heavy atom. The molecule has 1 heterocycles. The van der Waals surface area contributed by atoms with E-state index in [0.29, 0.717) is 29.8 Å². The minimum Gasteiger partial charge on any atom is -0.478 e. The third-order valence-corrected chi connectivity index (χ3v) is 7.71. The highest BCUT2D eigenvalue weighted by Gasteiger charge is 2.22. The number of anilines is 1. The van der Waals surface area contributed by atoms with Gasteiger partial charge in [-0.25, -0.2) is 9.18 Å². The van der Waals surface area contributed by atoms with E-state index in [-0.39, 0.29) is 17.0 Å². The highest BCUT2D eigenvalue weighted by atomic mass is 19.1. The van der Waals surface area contributed by atoms with Crippen molar-refractivity contribution in [3.63, 3.8) is 0 Å². The largest absolute Gasteiger partial charge is 0.478 e. The quantitative estimate of drug-likeness (QED) is 0.227. The van der Waals surface area contributed by atoms with Gasteiger partial charge in [0.05, 0.1) is 5.56 Å². The molecule has 5 aromatic rings. The van der Waals surface area contributed by atoms with Crippen LogP contribution >= 0.6 is 0 Å². The lowest BCUT2D eigenvalue weighted by Gasteiger charge is -2.32. The molecule has 0 saturated heterocycles. The smallest absolute Gasteiger partial charge is 0.336 e. The van der Waals surface area contributed by atoms with Gasteiger partial charge in [-0.1, -0.05) is 72.8 Å². The number of amides is 1. The monoisotopic (exact) mass is 544 g/mol. The van der Waals surface area contributed by atoms with Crippen molar-refractivity contribution in [2.45, 2.75) is 25.9 Å². The molecule has 0 bridgehead atoms. The fourth-order valence-corrected chi connectivity index (χ4v) is 5.63. The summed E-state index contributed by atoms with van der Waals surface area (Å²) in [6.07, 6.45) is 1.73. The van der Waals surface area contributed by atoms with Gasteiger partial charge in [0.15, 0.2) is 0 Å². The predicted octanol–water partition coefficient (Wildman–Crippen LogP) is 7.23. The summed E-state index contributed by atoms with van der Waals surface area (Å²) in [5, 5.41) is 14.9. The van der Waals surface area contributed by atoms with Crippen molar-refractivity contribution >= 4 is 28.3 Å². The summed E-state index contributed by atoms with van der Waals surface area (Å²) in [7, 11) is 0. The number of benzene rings is 5. The molecule has 204 valence electrons. The van der Waals surface area contributed by atoms with Gasteiger partial charge in [-0.2, -0.15) is 0 Å². The number of carboxylic acid groups (broad SMARTS) is 1. The summed E-state index contributed by atoms with van der Waals surface area (Å²) < 4.78 is 15.7. The van der Waals surface area contributed by atoms with Crippen molar-refractivity contribution in [3.8, 4) is 11.1 Å². The highest BCUT2D eigenvalue weighted by molar-refractivity contribution is 5.96. The summed E-state index contributed by atoms with van der Waals surface area (Å²) in [6.45, 7) is 1.54. The predicted molar refractivity (Wildman–Crippen MR) is 160 cm³/mol. The third kappa shape index (κ3) is 5.41. The first-order valence-corrected chi connectivity index (χ1v) is 13.7. The Kier molecular flexibility index (Phi) is 7.21. The number of hydrogen-bond donors (Lipinski definition) is 2. The van der Waals surface area contributed by atoms with Crippen molar-refractivity contribution in [2.24, 2.45) is 0 Å². The Labute approximate surface area is 237 Å². The van der Waals surface area contributed by atoms with Gasteiger partial charge in [-0.05, 0) is 70.6 Å². The Morgan fingerprint density at radius 2 is 1.61 bits per heavy atom. The summed E-state index contributed by atoms with van der Waals surface area (Å²) in [6, 6.07) is 31.6. The lowest BCUT2D eigenvalue weighted by Crippen LogP contribution is -2.30. The summed E-state index contributed by atoms with van der Waals surface area (Å²) in [5.41, 5.74) is 4.88. The van der Waals surface area contributed by atoms with Crippen LogP contribution in [0.25, 0.3) is 21.9 Å². The molecule has 5 aromatic carbocycles. The Hall–Kier alpha value is -4.97. The zero-order chi connectivity index (χ0) is 28.3. The lowest BCUT2D eigenvalue weighted by molar-refractivity contribution is 0.0697.